The van der Waals surface area contributed by atoms with Crippen LogP contribution in [-0.2, 0) is 6.54 Å². The van der Waals surface area contributed by atoms with Crippen molar-refractivity contribution in [2.75, 3.05) is 5.32 Å². The number of carboxylic acids is 2. The molecule has 0 aliphatic rings. The van der Waals surface area contributed by atoms with E-state index in [0.29, 0.717) is 6.54 Å². The largest absolute Gasteiger partial charge is 0.478 e. The van der Waals surface area contributed by atoms with E-state index >= 15 is 0 Å². The highest BCUT2D eigenvalue weighted by atomic mass is 32.1. The lowest BCUT2D eigenvalue weighted by atomic mass is 10.1. The number of benzene rings is 2. The molecule has 160 valence electrons. The van der Waals surface area contributed by atoms with Crippen LogP contribution in [0.5, 0.6) is 0 Å². The molecule has 0 aliphatic carbocycles. The fraction of sp³-hybridized carbons (Fsp3) is 0.182. The Hall–Kier alpha value is -3.72. The number of nitrogens with zero attached hydrogens (tertiary/aromatic N) is 2. The molecule has 0 saturated carbocycles. The first-order valence-corrected chi connectivity index (χ1v) is 10.3. The standard InChI is InChI=1S/C22H21N3O5S/c1-13(2)25(12-14-4-3-5-15(8-14)19-23-6-7-31-19)22(30)24-18-10-16(20(26)27)9-17(11-18)21(28)29/h3-11,13H,12H2,1-2H3,(H,24,30)(H,26,27)(H,28,29). The Bertz CT molecular complexity index is 1080. The summed E-state index contributed by atoms with van der Waals surface area (Å²) in [6, 6.07) is 10.6. The molecule has 0 bridgehead atoms. The van der Waals surface area contributed by atoms with Crippen LogP contribution in [0.4, 0.5) is 10.5 Å². The highest BCUT2D eigenvalue weighted by molar-refractivity contribution is 7.13. The van der Waals surface area contributed by atoms with E-state index in [2.05, 4.69) is 10.3 Å². The van der Waals surface area contributed by atoms with Crippen molar-refractivity contribution in [1.82, 2.24) is 9.88 Å². The molecule has 31 heavy (non-hydrogen) atoms. The fourth-order valence-corrected chi connectivity index (χ4v) is 3.63. The number of amides is 2. The number of anilines is 1. The summed E-state index contributed by atoms with van der Waals surface area (Å²) in [7, 11) is 0. The number of carboxylic acid groups (broad SMARTS) is 2. The maximum atomic E-state index is 12.9. The van der Waals surface area contributed by atoms with Gasteiger partial charge in [-0.1, -0.05) is 18.2 Å². The van der Waals surface area contributed by atoms with Crippen LogP contribution in [0.3, 0.4) is 0 Å². The Balaban J connectivity index is 1.83. The third-order valence-corrected chi connectivity index (χ3v) is 5.34. The van der Waals surface area contributed by atoms with E-state index in [9.17, 15) is 24.6 Å². The SMILES string of the molecule is CC(C)N(Cc1cccc(-c2nccs2)c1)C(=O)Nc1cc(C(=O)O)cc(C(=O)O)c1. The van der Waals surface area contributed by atoms with Crippen molar-refractivity contribution in [3.63, 3.8) is 0 Å². The van der Waals surface area contributed by atoms with Gasteiger partial charge in [0.05, 0.1) is 11.1 Å². The Labute approximate surface area is 182 Å². The number of carbonyl (C=O) groups is 3. The van der Waals surface area contributed by atoms with Crippen LogP contribution >= 0.6 is 11.3 Å². The van der Waals surface area contributed by atoms with Gasteiger partial charge in [-0.3, -0.25) is 0 Å². The molecule has 0 fully saturated rings. The molecular formula is C22H21N3O5S. The average Bonchev–Trinajstić information content (AvgIpc) is 3.26. The van der Waals surface area contributed by atoms with E-state index in [-0.39, 0.29) is 22.9 Å². The molecule has 3 rings (SSSR count). The van der Waals surface area contributed by atoms with Crippen LogP contribution in [0, 0.1) is 0 Å². The summed E-state index contributed by atoms with van der Waals surface area (Å²) in [5.41, 5.74) is 1.52. The molecule has 0 unspecified atom stereocenters. The number of carbonyl (C=O) groups excluding carboxylic acids is 1. The molecule has 0 saturated heterocycles. The van der Waals surface area contributed by atoms with E-state index in [1.807, 2.05) is 43.5 Å². The maximum absolute atomic E-state index is 12.9. The van der Waals surface area contributed by atoms with Crippen molar-refractivity contribution in [3.05, 3.63) is 70.7 Å². The normalized spacial score (nSPS) is 10.7. The minimum Gasteiger partial charge on any atom is -0.478 e. The first-order chi connectivity index (χ1) is 14.7. The van der Waals surface area contributed by atoms with E-state index in [1.165, 1.54) is 23.5 Å². The number of hydrogen-bond acceptors (Lipinski definition) is 5. The van der Waals surface area contributed by atoms with E-state index in [1.54, 1.807) is 11.1 Å². The molecule has 0 radical (unpaired) electrons. The van der Waals surface area contributed by atoms with Crippen molar-refractivity contribution in [1.29, 1.82) is 0 Å². The zero-order valence-corrected chi connectivity index (χ0v) is 17.7. The van der Waals surface area contributed by atoms with Gasteiger partial charge in [-0.2, -0.15) is 0 Å². The van der Waals surface area contributed by atoms with Gasteiger partial charge < -0.3 is 20.4 Å². The Kier molecular flexibility index (Phi) is 6.66. The molecule has 0 atom stereocenters. The predicted molar refractivity (Wildman–Crippen MR) is 118 cm³/mol. The van der Waals surface area contributed by atoms with Crippen LogP contribution in [-0.4, -0.2) is 44.1 Å². The molecular weight excluding hydrogens is 418 g/mol. The van der Waals surface area contributed by atoms with Gasteiger partial charge in [-0.15, -0.1) is 11.3 Å². The molecule has 0 spiro atoms. The van der Waals surface area contributed by atoms with E-state index < -0.39 is 18.0 Å². The molecule has 9 heteroatoms. The fourth-order valence-electron chi connectivity index (χ4n) is 3.00. The second-order valence-electron chi connectivity index (χ2n) is 7.10. The minimum atomic E-state index is -1.28. The monoisotopic (exact) mass is 439 g/mol. The number of thiazole rings is 1. The van der Waals surface area contributed by atoms with Gasteiger partial charge in [0.25, 0.3) is 0 Å². The lowest BCUT2D eigenvalue weighted by molar-refractivity contribution is 0.0696. The highest BCUT2D eigenvalue weighted by Crippen LogP contribution is 2.24. The summed E-state index contributed by atoms with van der Waals surface area (Å²) >= 11 is 1.53. The second kappa shape index (κ2) is 9.40. The van der Waals surface area contributed by atoms with Gasteiger partial charge >= 0.3 is 18.0 Å². The molecule has 1 heterocycles. The molecule has 3 N–H and O–H groups in total. The van der Waals surface area contributed by atoms with Gasteiger partial charge in [0.2, 0.25) is 0 Å². The number of aromatic nitrogens is 1. The van der Waals surface area contributed by atoms with Crippen molar-refractivity contribution in [2.45, 2.75) is 26.4 Å². The molecule has 1 aromatic heterocycles. The van der Waals surface area contributed by atoms with Crippen LogP contribution in [0.2, 0.25) is 0 Å². The van der Waals surface area contributed by atoms with Crippen molar-refractivity contribution in [3.8, 4) is 10.6 Å². The van der Waals surface area contributed by atoms with Crippen molar-refractivity contribution in [2.24, 2.45) is 0 Å². The zero-order valence-electron chi connectivity index (χ0n) is 16.9. The lowest BCUT2D eigenvalue weighted by Crippen LogP contribution is -2.39. The molecule has 0 aliphatic heterocycles. The molecule has 3 aromatic rings. The zero-order chi connectivity index (χ0) is 22.5. The number of rotatable bonds is 7. The van der Waals surface area contributed by atoms with Gasteiger partial charge in [0, 0.05) is 35.4 Å². The number of urea groups is 1. The number of aromatic carboxylic acids is 2. The van der Waals surface area contributed by atoms with Crippen LogP contribution in [0.25, 0.3) is 10.6 Å². The Morgan fingerprint density at radius 1 is 1.06 bits per heavy atom. The van der Waals surface area contributed by atoms with Crippen LogP contribution in [0.15, 0.2) is 54.0 Å². The smallest absolute Gasteiger partial charge is 0.335 e. The molecule has 2 aromatic carbocycles. The van der Waals surface area contributed by atoms with Gasteiger partial charge in [-0.25, -0.2) is 19.4 Å². The van der Waals surface area contributed by atoms with Crippen LogP contribution < -0.4 is 5.32 Å². The topological polar surface area (TPSA) is 120 Å². The summed E-state index contributed by atoms with van der Waals surface area (Å²) in [6.07, 6.45) is 1.73. The maximum Gasteiger partial charge on any atom is 0.335 e. The predicted octanol–water partition coefficient (Wildman–Crippen LogP) is 4.65. The van der Waals surface area contributed by atoms with E-state index in [0.717, 1.165) is 22.2 Å². The first kappa shape index (κ1) is 22.0. The molecule has 2 amide bonds. The Morgan fingerprint density at radius 3 is 2.29 bits per heavy atom. The van der Waals surface area contributed by atoms with E-state index in [4.69, 9.17) is 0 Å². The minimum absolute atomic E-state index is 0.101. The van der Waals surface area contributed by atoms with Crippen LogP contribution in [0.1, 0.15) is 40.1 Å². The Morgan fingerprint density at radius 2 is 1.74 bits per heavy atom. The van der Waals surface area contributed by atoms with Gasteiger partial charge in [0.1, 0.15) is 5.01 Å². The second-order valence-corrected chi connectivity index (χ2v) is 7.99. The average molecular weight is 439 g/mol. The quantitative estimate of drug-likeness (QED) is 0.493. The van der Waals surface area contributed by atoms with Gasteiger partial charge in [0.15, 0.2) is 0 Å². The summed E-state index contributed by atoms with van der Waals surface area (Å²) < 4.78 is 0. The summed E-state index contributed by atoms with van der Waals surface area (Å²) in [5.74, 6) is -2.56. The third-order valence-electron chi connectivity index (χ3n) is 4.52. The summed E-state index contributed by atoms with van der Waals surface area (Å²) in [6.45, 7) is 4.04. The van der Waals surface area contributed by atoms with Gasteiger partial charge in [-0.05, 0) is 43.7 Å². The highest BCUT2D eigenvalue weighted by Gasteiger charge is 2.20. The van der Waals surface area contributed by atoms with Crippen molar-refractivity contribution < 1.29 is 24.6 Å². The van der Waals surface area contributed by atoms with Crippen molar-refractivity contribution >= 4 is 35.0 Å². The number of hydrogen-bond donors (Lipinski definition) is 3. The third kappa shape index (κ3) is 5.46. The summed E-state index contributed by atoms with van der Waals surface area (Å²) in [4.78, 5) is 41.4. The number of nitrogens with one attached hydrogen (secondary N) is 1. The first-order valence-electron chi connectivity index (χ1n) is 9.42. The summed E-state index contributed by atoms with van der Waals surface area (Å²) in [5, 5.41) is 23.9. The molecule has 8 nitrogen and oxygen atoms in total. The lowest BCUT2D eigenvalue weighted by Gasteiger charge is -2.27.